The van der Waals surface area contributed by atoms with Crippen molar-refractivity contribution in [2.24, 2.45) is 0 Å². The third-order valence-electron chi connectivity index (χ3n) is 8.48. The lowest BCUT2D eigenvalue weighted by molar-refractivity contribution is -0.137. The van der Waals surface area contributed by atoms with Crippen LogP contribution >= 0.6 is 11.8 Å². The Bertz CT molecular complexity index is 2800. The summed E-state index contributed by atoms with van der Waals surface area (Å²) in [5, 5.41) is -1.86. The summed E-state index contributed by atoms with van der Waals surface area (Å²) in [5.74, 6) is -4.64. The first-order valence-corrected chi connectivity index (χ1v) is 16.9. The molecule has 4 aromatic carbocycles. The summed E-state index contributed by atoms with van der Waals surface area (Å²) in [6, 6.07) is 8.12. The van der Waals surface area contributed by atoms with Crippen LogP contribution in [0.4, 0.5) is 22.0 Å². The fourth-order valence-electron chi connectivity index (χ4n) is 5.75. The van der Waals surface area contributed by atoms with Crippen molar-refractivity contribution in [2.45, 2.75) is 55.8 Å². The number of ether oxygens (including phenoxy) is 1. The van der Waals surface area contributed by atoms with Gasteiger partial charge in [-0.1, -0.05) is 54.6 Å². The Labute approximate surface area is 330 Å². The average Bonchev–Trinajstić information content (AvgIpc) is 3.25. The monoisotopic (exact) mass is 764 g/mol. The van der Waals surface area contributed by atoms with E-state index in [-0.39, 0.29) is 48.8 Å². The summed E-state index contributed by atoms with van der Waals surface area (Å²) < 4.78 is 201. The SMILES string of the molecule is [2H]c1c(C)c([2H])c2c(c1[2H])c(=O)c([2H])c(SC([2H])([2H])c1cccc(F)c1F)n2C([2H])([2H])C(=O)N(Cc1ccc(-c2ccc(C(F)(F)F)cc2)cc1)C1CCN(C([2H])([2H])C([2H])([2H])OC([2H])([2H])[2H])CC1. The predicted molar refractivity (Wildman–Crippen MR) is 198 cm³/mol. The van der Waals surface area contributed by atoms with Crippen molar-refractivity contribution < 1.29 is 52.0 Å². The highest BCUT2D eigenvalue weighted by atomic mass is 32.2. The van der Waals surface area contributed by atoms with Gasteiger partial charge in [-0.15, -0.1) is 11.8 Å². The molecule has 1 aliphatic heterocycles. The Morgan fingerprint density at radius 2 is 1.72 bits per heavy atom. The number of nitrogens with zero attached hydrogens (tertiary/aromatic N) is 3. The summed E-state index contributed by atoms with van der Waals surface area (Å²) in [6.45, 7) is -10.1. The van der Waals surface area contributed by atoms with Crippen molar-refractivity contribution >= 4 is 28.6 Å². The van der Waals surface area contributed by atoms with Crippen molar-refractivity contribution in [3.8, 4) is 11.1 Å². The number of piperidine rings is 1. The molecule has 6 rings (SSSR count). The number of alkyl halides is 3. The van der Waals surface area contributed by atoms with Gasteiger partial charge in [0.1, 0.15) is 6.50 Å². The van der Waals surface area contributed by atoms with E-state index in [1.807, 2.05) is 0 Å². The van der Waals surface area contributed by atoms with E-state index in [9.17, 15) is 25.1 Å². The minimum Gasteiger partial charge on any atom is -0.383 e. The van der Waals surface area contributed by atoms with Crippen LogP contribution in [0.25, 0.3) is 22.0 Å². The van der Waals surface area contributed by atoms with Crippen LogP contribution in [-0.4, -0.2) is 59.5 Å². The molecule has 53 heavy (non-hydrogen) atoms. The van der Waals surface area contributed by atoms with Gasteiger partial charge >= 0.3 is 6.18 Å². The molecule has 0 bridgehead atoms. The highest BCUT2D eigenvalue weighted by Crippen LogP contribution is 2.32. The number of hydrogen-bond acceptors (Lipinski definition) is 5. The maximum atomic E-state index is 15.3. The molecule has 0 atom stereocenters. The van der Waals surface area contributed by atoms with Gasteiger partial charge in [-0.05, 0) is 72.3 Å². The summed E-state index contributed by atoms with van der Waals surface area (Å²) >= 11 is -0.163. The second kappa shape index (κ2) is 16.7. The lowest BCUT2D eigenvalue weighted by Crippen LogP contribution is -2.48. The molecule has 6 nitrogen and oxygen atoms in total. The first-order valence-electron chi connectivity index (χ1n) is 23.6. The Morgan fingerprint density at radius 1 is 1.02 bits per heavy atom. The predicted octanol–water partition coefficient (Wildman–Crippen LogP) is 8.71. The van der Waals surface area contributed by atoms with E-state index in [4.69, 9.17) is 17.8 Å². The van der Waals surface area contributed by atoms with Crippen LogP contribution in [0, 0.1) is 18.6 Å². The average molecular weight is 765 g/mol. The van der Waals surface area contributed by atoms with E-state index >= 15 is 9.18 Å². The Hall–Kier alpha value is -4.52. The van der Waals surface area contributed by atoms with E-state index in [1.165, 1.54) is 43.3 Å². The first kappa shape index (κ1) is 23.3. The minimum absolute atomic E-state index is 0.163. The number of likely N-dealkylation sites (tertiary alicyclic amines) is 1. The minimum atomic E-state index is -4.59. The molecule has 1 aliphatic rings. The maximum absolute atomic E-state index is 15.3. The van der Waals surface area contributed by atoms with Crippen LogP contribution in [0.1, 0.15) is 55.7 Å². The van der Waals surface area contributed by atoms with Crippen LogP contribution in [0.5, 0.6) is 0 Å². The smallest absolute Gasteiger partial charge is 0.383 e. The lowest BCUT2D eigenvalue weighted by Gasteiger charge is -2.39. The number of carbonyl (C=O) groups excluding carboxylic acids is 1. The van der Waals surface area contributed by atoms with Crippen LogP contribution in [-0.2, 0) is 34.5 Å². The maximum Gasteiger partial charge on any atom is 0.416 e. The van der Waals surface area contributed by atoms with Gasteiger partial charge in [-0.3, -0.25) is 9.59 Å². The standard InChI is InChI=1S/C41H40F5N3O3S/c1-27-6-15-34-36(22-27)49(39(23-37(34)50)53-26-31-4-3-5-35(42)40(31)43)25-38(51)48(33-16-18-47(19-17-33)20-21-52-2)24-28-7-9-29(10-8-28)30-11-13-32(14-12-30)41(44,45)46/h3-15,22-23,33H,16-21,24-26H2,1-2H3/i2D3,6D,15D,20D2,21D2,22D,23D,25D2,26D2. The fourth-order valence-corrected chi connectivity index (χ4v) is 6.49. The summed E-state index contributed by atoms with van der Waals surface area (Å²) in [7, 11) is -3.35. The number of carbonyl (C=O) groups is 1. The van der Waals surface area contributed by atoms with Crippen molar-refractivity contribution in [3.05, 3.63) is 135 Å². The van der Waals surface area contributed by atoms with Crippen LogP contribution < -0.4 is 5.43 Å². The van der Waals surface area contributed by atoms with E-state index in [0.717, 1.165) is 34.1 Å². The van der Waals surface area contributed by atoms with Crippen LogP contribution in [0.15, 0.2) is 101 Å². The van der Waals surface area contributed by atoms with Gasteiger partial charge in [0, 0.05) is 67.4 Å². The zero-order chi connectivity index (χ0) is 50.9. The summed E-state index contributed by atoms with van der Waals surface area (Å²) in [5.41, 5.74) is -6.35. The quantitative estimate of drug-likeness (QED) is 0.0941. The molecule has 0 radical (unpaired) electrons. The van der Waals surface area contributed by atoms with E-state index in [1.54, 1.807) is 0 Å². The van der Waals surface area contributed by atoms with E-state index in [2.05, 4.69) is 4.74 Å². The number of methoxy groups -OCH3 is 1. The Morgan fingerprint density at radius 3 is 2.40 bits per heavy atom. The van der Waals surface area contributed by atoms with Crippen molar-refractivity contribution in [1.29, 1.82) is 0 Å². The third kappa shape index (κ3) is 9.17. The fraction of sp³-hybridized carbons (Fsp3) is 0.317. The van der Waals surface area contributed by atoms with Crippen molar-refractivity contribution in [3.63, 3.8) is 0 Å². The molecule has 1 amide bonds. The van der Waals surface area contributed by atoms with Gasteiger partial charge in [0.2, 0.25) is 5.91 Å². The third-order valence-corrected chi connectivity index (χ3v) is 9.28. The molecule has 0 unspecified atom stereocenters. The van der Waals surface area contributed by atoms with Gasteiger partial charge in [-0.25, -0.2) is 8.78 Å². The second-order valence-electron chi connectivity index (χ2n) is 12.0. The van der Waals surface area contributed by atoms with Gasteiger partial charge in [0.25, 0.3) is 0 Å². The number of rotatable bonds is 12. The van der Waals surface area contributed by atoms with Crippen molar-refractivity contribution in [2.75, 3.05) is 33.2 Å². The number of halogens is 5. The molecule has 12 heteroatoms. The number of pyridine rings is 1. The number of aromatic nitrogens is 1. The summed E-state index contributed by atoms with van der Waals surface area (Å²) in [4.78, 5) is 31.1. The summed E-state index contributed by atoms with van der Waals surface area (Å²) in [6.07, 6.45) is -5.08. The van der Waals surface area contributed by atoms with Crippen LogP contribution in [0.2, 0.25) is 0 Å². The first-order chi connectivity index (χ1) is 31.2. The Kier molecular flexibility index (Phi) is 7.32. The largest absolute Gasteiger partial charge is 0.416 e. The molecule has 0 N–H and O–H groups in total. The Balaban J connectivity index is 1.50. The lowest BCUT2D eigenvalue weighted by atomic mass is 10.00. The van der Waals surface area contributed by atoms with Crippen molar-refractivity contribution in [1.82, 2.24) is 14.4 Å². The molecular weight excluding hydrogens is 710 g/mol. The molecule has 2 heterocycles. The number of hydrogen-bond donors (Lipinski definition) is 0. The molecule has 1 fully saturated rings. The molecular formula is C41H40F5N3O3S. The number of fused-ring (bicyclic) bond motifs is 1. The highest BCUT2D eigenvalue weighted by Gasteiger charge is 2.31. The van der Waals surface area contributed by atoms with Gasteiger partial charge < -0.3 is 19.1 Å². The van der Waals surface area contributed by atoms with E-state index < -0.39 is 125 Å². The second-order valence-corrected chi connectivity index (χ2v) is 12.8. The van der Waals surface area contributed by atoms with E-state index in [0.29, 0.717) is 21.8 Å². The molecule has 0 aliphatic carbocycles. The molecule has 5 aromatic rings. The molecule has 0 saturated carbocycles. The molecule has 1 aromatic heterocycles. The highest BCUT2D eigenvalue weighted by molar-refractivity contribution is 7.98. The topological polar surface area (TPSA) is 54.8 Å². The number of benzene rings is 4. The zero-order valence-electron chi connectivity index (χ0n) is 42.8. The molecule has 0 spiro atoms. The normalized spacial score (nSPS) is 19.6. The molecule has 278 valence electrons. The van der Waals surface area contributed by atoms with Crippen LogP contribution in [0.3, 0.4) is 0 Å². The van der Waals surface area contributed by atoms with Gasteiger partial charge in [0.15, 0.2) is 17.1 Å². The number of amides is 1. The number of thioether (sulfide) groups is 1. The van der Waals surface area contributed by atoms with Gasteiger partial charge in [0.05, 0.1) is 37.7 Å². The molecule has 1 saturated heterocycles. The van der Waals surface area contributed by atoms with Gasteiger partial charge in [-0.2, -0.15) is 13.2 Å². The zero-order valence-corrected chi connectivity index (χ0v) is 28.6.